The molecule has 7 heteroatoms. The van der Waals surface area contributed by atoms with Gasteiger partial charge >= 0.3 is 0 Å². The van der Waals surface area contributed by atoms with Crippen LogP contribution in [0.2, 0.25) is 0 Å². The van der Waals surface area contributed by atoms with Crippen molar-refractivity contribution in [3.63, 3.8) is 0 Å². The fourth-order valence-corrected chi connectivity index (χ4v) is 0. The van der Waals surface area contributed by atoms with Gasteiger partial charge in [0.05, 0.1) is 0 Å². The Hall–Kier alpha value is 3.72. The minimum Gasteiger partial charge on any atom is -0.0776 e. The van der Waals surface area contributed by atoms with Crippen molar-refractivity contribution in [1.82, 2.24) is 0 Å². The molecule has 0 rings (SSSR count). The molecule has 0 fully saturated rings. The second-order valence-electron chi connectivity index (χ2n) is 0. The number of rotatable bonds is 0. The summed E-state index contributed by atoms with van der Waals surface area (Å²) in [5, 5.41) is 0. The average molecular weight is 540 g/mol. The first kappa shape index (κ1) is 97.2. The number of hydrogen-bond acceptors (Lipinski definition) is 0. The van der Waals surface area contributed by atoms with E-state index in [4.69, 9.17) is 0 Å². The quantitative estimate of drug-likeness (QED) is 0.387. The van der Waals surface area contributed by atoms with Crippen LogP contribution < -0.4 is 0 Å². The van der Waals surface area contributed by atoms with Gasteiger partial charge in [-0.15, -0.1) is 0 Å². The molecule has 0 N–H and O–H groups in total. The van der Waals surface area contributed by atoms with E-state index in [2.05, 4.69) is 0 Å². The molecular formula is CH4CrMnMoNiSiVW. The maximum absolute atomic E-state index is 0. The molecule has 0 spiro atoms. The Balaban J connectivity index is 0. The van der Waals surface area contributed by atoms with Gasteiger partial charge in [-0.05, 0) is 0 Å². The standard InChI is InChI=1S/CH4.Cr.Mn.Mo.Ni.Si.V.W/h1H4;;;;;;;. The molecule has 0 nitrogen and oxygen atoms in total. The molecule has 0 atom stereocenters. The second-order valence-corrected chi connectivity index (χ2v) is 0. The summed E-state index contributed by atoms with van der Waals surface area (Å²) in [6, 6.07) is 0. The van der Waals surface area contributed by atoms with Crippen LogP contribution in [0.4, 0.5) is 0 Å². The molecule has 52 valence electrons. The molecule has 0 unspecified atom stereocenters. The molecule has 8 heavy (non-hydrogen) atoms. The molecular weight excluding hydrogens is 536 g/mol. The van der Waals surface area contributed by atoms with Gasteiger partial charge in [-0.25, -0.2) is 0 Å². The van der Waals surface area contributed by atoms with Gasteiger partial charge in [0.1, 0.15) is 0 Å². The van der Waals surface area contributed by atoms with Crippen molar-refractivity contribution in [2.45, 2.75) is 7.43 Å². The maximum atomic E-state index is 0. The Morgan fingerprint density at radius 3 is 1.00 bits per heavy atom. The van der Waals surface area contributed by atoms with Crippen molar-refractivity contribution in [2.24, 2.45) is 0 Å². The molecule has 6 radical (unpaired) electrons. The van der Waals surface area contributed by atoms with Crippen molar-refractivity contribution in [1.29, 1.82) is 0 Å². The molecule has 0 aromatic rings. The summed E-state index contributed by atoms with van der Waals surface area (Å²) >= 11 is 0. The summed E-state index contributed by atoms with van der Waals surface area (Å²) in [4.78, 5) is 0. The van der Waals surface area contributed by atoms with Crippen LogP contribution in [0.15, 0.2) is 0 Å². The molecule has 0 amide bonds. The molecule has 0 saturated heterocycles. The first-order chi connectivity index (χ1) is 0. The number of hydrogen-bond donors (Lipinski definition) is 0. The van der Waals surface area contributed by atoms with E-state index >= 15 is 0 Å². The van der Waals surface area contributed by atoms with Gasteiger partial charge in [-0.3, -0.25) is 0 Å². The van der Waals surface area contributed by atoms with E-state index in [1.807, 2.05) is 0 Å². The van der Waals surface area contributed by atoms with Crippen LogP contribution in [0.1, 0.15) is 7.43 Å². The summed E-state index contributed by atoms with van der Waals surface area (Å²) in [5.74, 6) is 0. The minimum absolute atomic E-state index is 0. The minimum atomic E-state index is 0. The van der Waals surface area contributed by atoms with Gasteiger partial charge in [-0.2, -0.15) is 0 Å². The SMILES string of the molecule is C.[Cr].[Mn].[Mo].[Ni].[Si].[V].[W]. The first-order valence-corrected chi connectivity index (χ1v) is 0. The van der Waals surface area contributed by atoms with Crippen LogP contribution in [0, 0.1) is 0 Å². The molecule has 0 bridgehead atoms. The van der Waals surface area contributed by atoms with E-state index in [1.165, 1.54) is 0 Å². The average Bonchev–Trinajstić information content (AvgIpc) is 0. The third kappa shape index (κ3) is 53.4. The predicted molar refractivity (Wildman–Crippen MR) is 12.5 cm³/mol. The Morgan fingerprint density at radius 1 is 1.00 bits per heavy atom. The smallest absolute Gasteiger partial charge is 0 e. The van der Waals surface area contributed by atoms with E-state index in [9.17, 15) is 0 Å². The van der Waals surface area contributed by atoms with Crippen molar-refractivity contribution in [3.8, 4) is 0 Å². The molecule has 0 aromatic heterocycles. The zero-order chi connectivity index (χ0) is 0. The Labute approximate surface area is 128 Å². The van der Waals surface area contributed by atoms with E-state index in [1.54, 1.807) is 0 Å². The summed E-state index contributed by atoms with van der Waals surface area (Å²) < 4.78 is 0. The Morgan fingerprint density at radius 2 is 1.00 bits per heavy atom. The largest absolute Gasteiger partial charge is 0.0776 e. The van der Waals surface area contributed by atoms with Crippen molar-refractivity contribution < 1.29 is 112 Å². The van der Waals surface area contributed by atoms with E-state index in [0.717, 1.165) is 0 Å². The molecule has 0 aromatic carbocycles. The van der Waals surface area contributed by atoms with Gasteiger partial charge < -0.3 is 0 Å². The van der Waals surface area contributed by atoms with Gasteiger partial charge in [0.2, 0.25) is 0 Å². The normalized spacial score (nSPS) is 0. The zero-order valence-corrected chi connectivity index (χ0v) is 13.6. The van der Waals surface area contributed by atoms with Crippen molar-refractivity contribution in [2.75, 3.05) is 0 Å². The monoisotopic (exact) mass is 542 g/mol. The van der Waals surface area contributed by atoms with Crippen LogP contribution >= 0.6 is 0 Å². The molecule has 0 aliphatic carbocycles. The third-order valence-corrected chi connectivity index (χ3v) is 0. The van der Waals surface area contributed by atoms with E-state index in [0.29, 0.717) is 0 Å². The molecule has 0 aliphatic heterocycles. The van der Waals surface area contributed by atoms with Crippen molar-refractivity contribution in [3.05, 3.63) is 0 Å². The predicted octanol–water partition coefficient (Wildman–Crippen LogP) is 0.240. The van der Waals surface area contributed by atoms with Crippen LogP contribution in [0.3, 0.4) is 0 Å². The summed E-state index contributed by atoms with van der Waals surface area (Å²) in [6.45, 7) is 0. The fraction of sp³-hybridized carbons (Fsp3) is 1.00. The second kappa shape index (κ2) is 73.1. The molecule has 0 aliphatic rings. The van der Waals surface area contributed by atoms with Gasteiger partial charge in [-0.1, -0.05) is 7.43 Å². The molecule has 0 saturated carbocycles. The maximum Gasteiger partial charge on any atom is 0 e. The Bertz CT molecular complexity index is 24.0. The first-order valence-electron chi connectivity index (χ1n) is 0. The van der Waals surface area contributed by atoms with Gasteiger partial charge in [0.15, 0.2) is 0 Å². The van der Waals surface area contributed by atoms with Crippen LogP contribution in [-0.4, -0.2) is 11.0 Å². The van der Waals surface area contributed by atoms with Crippen LogP contribution in [0.5, 0.6) is 0 Å². The third-order valence-electron chi connectivity index (χ3n) is 0. The Kier molecular flexibility index (Phi) is 889. The van der Waals surface area contributed by atoms with E-state index < -0.39 is 0 Å². The van der Waals surface area contributed by atoms with Crippen molar-refractivity contribution >= 4 is 11.0 Å². The van der Waals surface area contributed by atoms with Gasteiger partial charge in [0.25, 0.3) is 0 Å². The van der Waals surface area contributed by atoms with Crippen LogP contribution in [0.25, 0.3) is 0 Å². The zero-order valence-electron chi connectivity index (χ0n) is 2.87. The summed E-state index contributed by atoms with van der Waals surface area (Å²) in [7, 11) is 0. The van der Waals surface area contributed by atoms with Crippen LogP contribution in [-0.2, 0) is 112 Å². The topological polar surface area (TPSA) is 0 Å². The van der Waals surface area contributed by atoms with Gasteiger partial charge in [0, 0.05) is 123 Å². The molecule has 0 heterocycles. The summed E-state index contributed by atoms with van der Waals surface area (Å²) in [6.07, 6.45) is 0. The van der Waals surface area contributed by atoms with E-state index in [-0.39, 0.29) is 130 Å². The fourth-order valence-electron chi connectivity index (χ4n) is 0. The summed E-state index contributed by atoms with van der Waals surface area (Å²) in [5.41, 5.74) is 0.